The number of amides is 2. The molecule has 0 aliphatic heterocycles. The number of ether oxygens (including phenoxy) is 1. The number of nitrogens with one attached hydrogen (secondary N) is 2. The summed E-state index contributed by atoms with van der Waals surface area (Å²) in [6.45, 7) is 8.64. The second-order valence-corrected chi connectivity index (χ2v) is 9.93. The highest BCUT2D eigenvalue weighted by Gasteiger charge is 2.76. The van der Waals surface area contributed by atoms with Crippen LogP contribution in [0.25, 0.3) is 0 Å². The van der Waals surface area contributed by atoms with Gasteiger partial charge < -0.3 is 15.4 Å². The fourth-order valence-electron chi connectivity index (χ4n) is 3.39. The Morgan fingerprint density at radius 1 is 0.730 bits per heavy atom. The van der Waals surface area contributed by atoms with Crippen LogP contribution in [0.5, 0.6) is 0 Å². The van der Waals surface area contributed by atoms with E-state index in [0.717, 1.165) is 32.1 Å². The van der Waals surface area contributed by atoms with Crippen LogP contribution < -0.4 is 10.6 Å². The van der Waals surface area contributed by atoms with Gasteiger partial charge in [-0.1, -0.05) is 66.7 Å². The molecule has 0 aromatic rings. The molecular formula is C24H39F7N2O4. The fourth-order valence-corrected chi connectivity index (χ4v) is 3.39. The molecule has 0 aromatic heterocycles. The number of carbonyl (C=O) groups excluding carboxylic acids is 3. The summed E-state index contributed by atoms with van der Waals surface area (Å²) >= 11 is 0. The Balaban J connectivity index is 5.43. The van der Waals surface area contributed by atoms with Crippen LogP contribution in [0.2, 0.25) is 0 Å². The Bertz CT molecular complexity index is 728. The number of halogens is 7. The van der Waals surface area contributed by atoms with E-state index in [-0.39, 0.29) is 25.4 Å². The quantitative estimate of drug-likeness (QED) is 0.136. The van der Waals surface area contributed by atoms with Gasteiger partial charge in [0.1, 0.15) is 12.1 Å². The number of carbonyl (C=O) groups is 3. The molecule has 6 nitrogen and oxygen atoms in total. The topological polar surface area (TPSA) is 84.5 Å². The van der Waals surface area contributed by atoms with Crippen molar-refractivity contribution in [2.75, 3.05) is 6.61 Å². The number of hydrogen-bond donors (Lipinski definition) is 2. The Hall–Kier alpha value is -2.08. The standard InChI is InChI=1S/C24H39F7N2O4/c1-6-7-8-9-10-11-12-37-20(35)18(14-16(4)5)32-19(34)17(13-15(2)3)33-21(36)22(25,26)23(27,28)24(29,30)31/h15-18H,6-14H2,1-5H3,(H,32,34)(H,33,36). The van der Waals surface area contributed by atoms with Crippen molar-refractivity contribution in [1.29, 1.82) is 0 Å². The lowest BCUT2D eigenvalue weighted by Gasteiger charge is -2.29. The third kappa shape index (κ3) is 11.5. The summed E-state index contributed by atoms with van der Waals surface area (Å²) in [5.41, 5.74) is 0. The summed E-state index contributed by atoms with van der Waals surface area (Å²) in [6.07, 6.45) is -1.40. The van der Waals surface area contributed by atoms with E-state index in [4.69, 9.17) is 4.74 Å². The van der Waals surface area contributed by atoms with Crippen molar-refractivity contribution >= 4 is 17.8 Å². The first-order valence-electron chi connectivity index (χ1n) is 12.5. The Kier molecular flexibility index (Phi) is 14.5. The number of rotatable bonds is 17. The number of esters is 1. The molecule has 2 amide bonds. The normalized spacial score (nSPS) is 14.4. The van der Waals surface area contributed by atoms with Gasteiger partial charge in [0.25, 0.3) is 5.91 Å². The zero-order valence-corrected chi connectivity index (χ0v) is 22.0. The van der Waals surface area contributed by atoms with Crippen molar-refractivity contribution in [3.8, 4) is 0 Å². The van der Waals surface area contributed by atoms with Crippen molar-refractivity contribution in [1.82, 2.24) is 10.6 Å². The Labute approximate surface area is 213 Å². The maximum atomic E-state index is 13.8. The minimum absolute atomic E-state index is 0.0751. The van der Waals surface area contributed by atoms with E-state index in [1.807, 2.05) is 0 Å². The van der Waals surface area contributed by atoms with Crippen LogP contribution in [0.3, 0.4) is 0 Å². The van der Waals surface area contributed by atoms with Crippen molar-refractivity contribution in [3.05, 3.63) is 0 Å². The first kappa shape index (κ1) is 34.9. The summed E-state index contributed by atoms with van der Waals surface area (Å²) in [7, 11) is 0. The van der Waals surface area contributed by atoms with Gasteiger partial charge in [0.2, 0.25) is 5.91 Å². The predicted molar refractivity (Wildman–Crippen MR) is 123 cm³/mol. The SMILES string of the molecule is CCCCCCCCOC(=O)C(CC(C)C)NC(=O)C(CC(C)C)NC(=O)C(F)(F)C(F)(F)C(F)(F)F. The molecule has 2 atom stereocenters. The molecule has 0 aliphatic carbocycles. The average Bonchev–Trinajstić information content (AvgIpc) is 2.75. The zero-order valence-electron chi connectivity index (χ0n) is 22.0. The predicted octanol–water partition coefficient (Wildman–Crippen LogP) is 5.78. The molecule has 0 rings (SSSR count). The molecule has 13 heteroatoms. The molecule has 0 aliphatic rings. The maximum Gasteiger partial charge on any atom is 0.460 e. The molecular weight excluding hydrogens is 513 g/mol. The highest BCUT2D eigenvalue weighted by atomic mass is 19.4. The molecule has 37 heavy (non-hydrogen) atoms. The van der Waals surface area contributed by atoms with Gasteiger partial charge in [-0.15, -0.1) is 0 Å². The molecule has 218 valence electrons. The van der Waals surface area contributed by atoms with Crippen LogP contribution in [-0.4, -0.2) is 54.5 Å². The number of hydrogen-bond acceptors (Lipinski definition) is 4. The van der Waals surface area contributed by atoms with Gasteiger partial charge in [-0.05, 0) is 31.1 Å². The number of unbranched alkanes of at least 4 members (excludes halogenated alkanes) is 5. The zero-order chi connectivity index (χ0) is 29.0. The van der Waals surface area contributed by atoms with Crippen LogP contribution in [0, 0.1) is 11.8 Å². The van der Waals surface area contributed by atoms with E-state index in [1.165, 1.54) is 19.2 Å². The fraction of sp³-hybridized carbons (Fsp3) is 0.875. The largest absolute Gasteiger partial charge is 0.464 e. The molecule has 0 spiro atoms. The lowest BCUT2D eigenvalue weighted by molar-refractivity contribution is -0.344. The molecule has 0 radical (unpaired) electrons. The van der Waals surface area contributed by atoms with Gasteiger partial charge in [-0.2, -0.15) is 30.7 Å². The first-order valence-corrected chi connectivity index (χ1v) is 12.5. The van der Waals surface area contributed by atoms with Crippen LogP contribution >= 0.6 is 0 Å². The van der Waals surface area contributed by atoms with Gasteiger partial charge in [0, 0.05) is 0 Å². The summed E-state index contributed by atoms with van der Waals surface area (Å²) in [4.78, 5) is 37.1. The molecule has 2 unspecified atom stereocenters. The molecule has 2 N–H and O–H groups in total. The minimum atomic E-state index is -6.70. The summed E-state index contributed by atoms with van der Waals surface area (Å²) < 4.78 is 96.7. The van der Waals surface area contributed by atoms with E-state index in [1.54, 1.807) is 13.8 Å². The molecule has 0 saturated heterocycles. The van der Waals surface area contributed by atoms with E-state index >= 15 is 0 Å². The van der Waals surface area contributed by atoms with Gasteiger partial charge in [-0.25, -0.2) is 4.79 Å². The molecule has 0 saturated carbocycles. The van der Waals surface area contributed by atoms with Crippen molar-refractivity contribution < 1.29 is 49.9 Å². The second kappa shape index (κ2) is 15.4. The average molecular weight is 553 g/mol. The monoisotopic (exact) mass is 552 g/mol. The van der Waals surface area contributed by atoms with Crippen LogP contribution in [0.4, 0.5) is 30.7 Å². The summed E-state index contributed by atoms with van der Waals surface area (Å²) in [5, 5.41) is 3.57. The molecule has 0 aromatic carbocycles. The van der Waals surface area contributed by atoms with Gasteiger partial charge in [0.05, 0.1) is 6.61 Å². The van der Waals surface area contributed by atoms with E-state index < -0.39 is 53.8 Å². The Morgan fingerprint density at radius 3 is 1.70 bits per heavy atom. The lowest BCUT2D eigenvalue weighted by atomic mass is 10.00. The number of alkyl halides is 7. The molecule has 0 heterocycles. The van der Waals surface area contributed by atoms with E-state index in [2.05, 4.69) is 12.2 Å². The van der Waals surface area contributed by atoms with Crippen LogP contribution in [0.15, 0.2) is 0 Å². The highest BCUT2D eigenvalue weighted by molar-refractivity contribution is 5.93. The third-order valence-corrected chi connectivity index (χ3v) is 5.41. The van der Waals surface area contributed by atoms with Crippen molar-refractivity contribution in [3.63, 3.8) is 0 Å². The van der Waals surface area contributed by atoms with Crippen molar-refractivity contribution in [2.24, 2.45) is 11.8 Å². The summed E-state index contributed by atoms with van der Waals surface area (Å²) in [5.74, 6) is -18.4. The van der Waals surface area contributed by atoms with Gasteiger partial charge in [0.15, 0.2) is 0 Å². The smallest absolute Gasteiger partial charge is 0.460 e. The highest BCUT2D eigenvalue weighted by Crippen LogP contribution is 2.46. The minimum Gasteiger partial charge on any atom is -0.464 e. The lowest BCUT2D eigenvalue weighted by Crippen LogP contribution is -2.62. The molecule has 0 fully saturated rings. The summed E-state index contributed by atoms with van der Waals surface area (Å²) in [6, 6.07) is -3.14. The Morgan fingerprint density at radius 2 is 1.22 bits per heavy atom. The third-order valence-electron chi connectivity index (χ3n) is 5.41. The van der Waals surface area contributed by atoms with E-state index in [9.17, 15) is 45.1 Å². The van der Waals surface area contributed by atoms with Crippen LogP contribution in [0.1, 0.15) is 86.0 Å². The maximum absolute atomic E-state index is 13.8. The van der Waals surface area contributed by atoms with E-state index in [0.29, 0.717) is 6.42 Å². The van der Waals surface area contributed by atoms with Gasteiger partial charge >= 0.3 is 24.0 Å². The molecule has 0 bridgehead atoms. The van der Waals surface area contributed by atoms with Gasteiger partial charge in [-0.3, -0.25) is 9.59 Å². The van der Waals surface area contributed by atoms with Crippen LogP contribution in [-0.2, 0) is 19.1 Å². The van der Waals surface area contributed by atoms with Crippen molar-refractivity contribution in [2.45, 2.75) is 116 Å². The first-order chi connectivity index (χ1) is 16.9. The second-order valence-electron chi connectivity index (χ2n) is 9.93.